The van der Waals surface area contributed by atoms with Crippen LogP contribution in [0, 0.1) is 5.41 Å². The van der Waals surface area contributed by atoms with E-state index in [0.717, 1.165) is 17.1 Å². The van der Waals surface area contributed by atoms with Crippen LogP contribution in [0.1, 0.15) is 5.56 Å². The van der Waals surface area contributed by atoms with Crippen molar-refractivity contribution in [1.82, 2.24) is 0 Å². The van der Waals surface area contributed by atoms with Crippen molar-refractivity contribution in [3.8, 4) is 11.5 Å². The Kier molecular flexibility index (Phi) is 2.49. The van der Waals surface area contributed by atoms with E-state index in [0.29, 0.717) is 12.5 Å². The fourth-order valence-corrected chi connectivity index (χ4v) is 1.69. The van der Waals surface area contributed by atoms with E-state index in [1.54, 1.807) is 0 Å². The van der Waals surface area contributed by atoms with Crippen LogP contribution in [0.3, 0.4) is 0 Å². The van der Waals surface area contributed by atoms with Gasteiger partial charge in [-0.05, 0) is 17.7 Å². The predicted molar refractivity (Wildman–Crippen MR) is 55.8 cm³/mol. The molecule has 5 heteroatoms. The summed E-state index contributed by atoms with van der Waals surface area (Å²) < 4.78 is 10.4. The van der Waals surface area contributed by atoms with Gasteiger partial charge in [-0.15, -0.1) is 0 Å². The molecule has 0 fully saturated rings. The summed E-state index contributed by atoms with van der Waals surface area (Å²) in [4.78, 5) is 0. The summed E-state index contributed by atoms with van der Waals surface area (Å²) in [5, 5.41) is 7.21. The van der Waals surface area contributed by atoms with Crippen molar-refractivity contribution in [2.24, 2.45) is 5.73 Å². The molecule has 0 radical (unpaired) electrons. The third-order valence-corrected chi connectivity index (χ3v) is 2.62. The number of fused-ring (bicyclic) bond motifs is 1. The molecule has 3 N–H and O–H groups in total. The van der Waals surface area contributed by atoms with Crippen molar-refractivity contribution in [2.45, 2.75) is 5.75 Å². The molecule has 1 aliphatic rings. The van der Waals surface area contributed by atoms with Gasteiger partial charge in [0, 0.05) is 5.75 Å². The van der Waals surface area contributed by atoms with Gasteiger partial charge in [0.15, 0.2) is 16.7 Å². The fraction of sp³-hybridized carbons (Fsp3) is 0.222. The quantitative estimate of drug-likeness (QED) is 0.574. The van der Waals surface area contributed by atoms with E-state index in [4.69, 9.17) is 20.6 Å². The Hall–Kier alpha value is -1.36. The first kappa shape index (κ1) is 9.21. The summed E-state index contributed by atoms with van der Waals surface area (Å²) in [6.45, 7) is 0.290. The topological polar surface area (TPSA) is 68.3 Å². The molecule has 0 atom stereocenters. The molecule has 0 unspecified atom stereocenters. The zero-order valence-corrected chi connectivity index (χ0v) is 8.26. The Bertz CT molecular complexity index is 368. The van der Waals surface area contributed by atoms with E-state index in [1.807, 2.05) is 18.2 Å². The van der Waals surface area contributed by atoms with Crippen LogP contribution in [0.2, 0.25) is 0 Å². The number of ether oxygens (including phenoxy) is 2. The molecule has 2 rings (SSSR count). The molecule has 0 aliphatic carbocycles. The van der Waals surface area contributed by atoms with Gasteiger partial charge in [-0.1, -0.05) is 17.8 Å². The molecule has 0 saturated carbocycles. The lowest BCUT2D eigenvalue weighted by Gasteiger charge is -2.01. The number of nitrogens with one attached hydrogen (secondary N) is 1. The van der Waals surface area contributed by atoms with Gasteiger partial charge >= 0.3 is 0 Å². The van der Waals surface area contributed by atoms with Crippen molar-refractivity contribution in [1.29, 1.82) is 5.41 Å². The summed E-state index contributed by atoms with van der Waals surface area (Å²) in [5.74, 6) is 2.24. The Balaban J connectivity index is 2.09. The average Bonchev–Trinajstić information content (AvgIpc) is 2.61. The molecule has 74 valence electrons. The Labute approximate surface area is 85.9 Å². The van der Waals surface area contributed by atoms with E-state index in [9.17, 15) is 0 Å². The Morgan fingerprint density at radius 2 is 2.21 bits per heavy atom. The second kappa shape index (κ2) is 3.79. The van der Waals surface area contributed by atoms with Gasteiger partial charge in [0.2, 0.25) is 6.79 Å². The fourth-order valence-electron chi connectivity index (χ4n) is 1.19. The van der Waals surface area contributed by atoms with Gasteiger partial charge in [-0.2, -0.15) is 0 Å². The van der Waals surface area contributed by atoms with E-state index in [1.165, 1.54) is 11.8 Å². The minimum Gasteiger partial charge on any atom is -0.454 e. The lowest BCUT2D eigenvalue weighted by Crippen LogP contribution is -2.03. The van der Waals surface area contributed by atoms with Crippen LogP contribution in [-0.2, 0) is 5.75 Å². The first-order valence-corrected chi connectivity index (χ1v) is 5.09. The minimum absolute atomic E-state index is 0.127. The van der Waals surface area contributed by atoms with Crippen molar-refractivity contribution in [3.63, 3.8) is 0 Å². The van der Waals surface area contributed by atoms with Crippen molar-refractivity contribution >= 4 is 16.9 Å². The maximum Gasteiger partial charge on any atom is 0.231 e. The molecule has 1 aromatic carbocycles. The monoisotopic (exact) mass is 210 g/mol. The first-order valence-electron chi connectivity index (χ1n) is 4.11. The smallest absolute Gasteiger partial charge is 0.231 e. The second-order valence-electron chi connectivity index (χ2n) is 2.84. The van der Waals surface area contributed by atoms with Gasteiger partial charge in [0.25, 0.3) is 0 Å². The maximum absolute atomic E-state index is 7.08. The number of hydrogen-bond donors (Lipinski definition) is 2. The van der Waals surface area contributed by atoms with Gasteiger partial charge in [0.05, 0.1) is 0 Å². The van der Waals surface area contributed by atoms with Gasteiger partial charge < -0.3 is 15.2 Å². The summed E-state index contributed by atoms with van der Waals surface area (Å²) in [6, 6.07) is 5.74. The first-order chi connectivity index (χ1) is 6.75. The molecule has 0 amide bonds. The molecule has 0 spiro atoms. The highest BCUT2D eigenvalue weighted by Gasteiger charge is 2.12. The van der Waals surface area contributed by atoms with E-state index < -0.39 is 0 Å². The standard InChI is InChI=1S/C9H10N2O2S/c10-9(11)14-4-6-1-2-7-8(3-6)13-5-12-7/h1-3H,4-5H2,(H3,10,11). The summed E-state index contributed by atoms with van der Waals surface area (Å²) in [7, 11) is 0. The molecule has 0 saturated heterocycles. The van der Waals surface area contributed by atoms with Crippen LogP contribution in [0.25, 0.3) is 0 Å². The highest BCUT2D eigenvalue weighted by Crippen LogP contribution is 2.33. The Morgan fingerprint density at radius 3 is 3.00 bits per heavy atom. The summed E-state index contributed by atoms with van der Waals surface area (Å²) in [5.41, 5.74) is 6.32. The summed E-state index contributed by atoms with van der Waals surface area (Å²) in [6.07, 6.45) is 0. The van der Waals surface area contributed by atoms with Crippen molar-refractivity contribution in [3.05, 3.63) is 23.8 Å². The largest absolute Gasteiger partial charge is 0.454 e. The van der Waals surface area contributed by atoms with Crippen LogP contribution in [0.4, 0.5) is 0 Å². The molecule has 4 nitrogen and oxygen atoms in total. The highest BCUT2D eigenvalue weighted by molar-refractivity contribution is 8.13. The van der Waals surface area contributed by atoms with Crippen LogP contribution in [-0.4, -0.2) is 12.0 Å². The summed E-state index contributed by atoms with van der Waals surface area (Å²) >= 11 is 1.29. The molecule has 0 bridgehead atoms. The number of rotatable bonds is 2. The number of hydrogen-bond acceptors (Lipinski definition) is 4. The number of amidine groups is 1. The third-order valence-electron chi connectivity index (χ3n) is 1.83. The molecule has 1 heterocycles. The predicted octanol–water partition coefficient (Wildman–Crippen LogP) is 1.54. The second-order valence-corrected chi connectivity index (χ2v) is 3.86. The molecule has 0 aromatic heterocycles. The maximum atomic E-state index is 7.08. The van der Waals surface area contributed by atoms with Crippen LogP contribution >= 0.6 is 11.8 Å². The van der Waals surface area contributed by atoms with E-state index >= 15 is 0 Å². The molecular formula is C9H10N2O2S. The molecule has 1 aliphatic heterocycles. The van der Waals surface area contributed by atoms with E-state index in [-0.39, 0.29) is 5.17 Å². The van der Waals surface area contributed by atoms with Crippen molar-refractivity contribution < 1.29 is 9.47 Å². The normalized spacial score (nSPS) is 12.9. The SMILES string of the molecule is N=C(N)SCc1ccc2c(c1)OCO2. The molecular weight excluding hydrogens is 200 g/mol. The van der Waals surface area contributed by atoms with Crippen LogP contribution in [0.5, 0.6) is 11.5 Å². The lowest BCUT2D eigenvalue weighted by atomic mass is 10.2. The van der Waals surface area contributed by atoms with Crippen molar-refractivity contribution in [2.75, 3.05) is 6.79 Å². The van der Waals surface area contributed by atoms with Gasteiger partial charge in [-0.25, -0.2) is 0 Å². The molecule has 14 heavy (non-hydrogen) atoms. The molecule has 1 aromatic rings. The minimum atomic E-state index is 0.127. The number of nitrogens with two attached hydrogens (primary N) is 1. The number of benzene rings is 1. The lowest BCUT2D eigenvalue weighted by molar-refractivity contribution is 0.174. The number of thioether (sulfide) groups is 1. The van der Waals surface area contributed by atoms with Crippen LogP contribution < -0.4 is 15.2 Å². The Morgan fingerprint density at radius 1 is 1.43 bits per heavy atom. The zero-order chi connectivity index (χ0) is 9.97. The van der Waals surface area contributed by atoms with Crippen LogP contribution in [0.15, 0.2) is 18.2 Å². The van der Waals surface area contributed by atoms with E-state index in [2.05, 4.69) is 0 Å². The highest BCUT2D eigenvalue weighted by atomic mass is 32.2. The third kappa shape index (κ3) is 1.93. The van der Waals surface area contributed by atoms with Gasteiger partial charge in [-0.3, -0.25) is 5.41 Å². The average molecular weight is 210 g/mol. The van der Waals surface area contributed by atoms with Gasteiger partial charge in [0.1, 0.15) is 0 Å². The zero-order valence-electron chi connectivity index (χ0n) is 7.45.